The van der Waals surface area contributed by atoms with Crippen LogP contribution in [0.3, 0.4) is 0 Å². The summed E-state index contributed by atoms with van der Waals surface area (Å²) in [5, 5.41) is 5.47. The summed E-state index contributed by atoms with van der Waals surface area (Å²) in [5.41, 5.74) is 5.28. The highest BCUT2D eigenvalue weighted by Crippen LogP contribution is 1.90. The lowest BCUT2D eigenvalue weighted by atomic mass is 10.4. The van der Waals surface area contributed by atoms with Gasteiger partial charge in [-0.2, -0.15) is 0 Å². The Bertz CT molecular complexity index is 211. The predicted molar refractivity (Wildman–Crippen MR) is 41.0 cm³/mol. The van der Waals surface area contributed by atoms with E-state index in [9.17, 15) is 4.79 Å². The molecule has 1 amide bonds. The largest absolute Gasteiger partial charge is 0.383 e. The summed E-state index contributed by atoms with van der Waals surface area (Å²) in [7, 11) is 0. The van der Waals surface area contributed by atoms with Crippen molar-refractivity contribution in [1.29, 1.82) is 0 Å². The third-order valence-corrected chi connectivity index (χ3v) is 1.29. The zero-order valence-corrected chi connectivity index (χ0v) is 5.99. The highest BCUT2D eigenvalue weighted by atomic mass is 32.1. The molecule has 0 aromatic rings. The van der Waals surface area contributed by atoms with Gasteiger partial charge in [0.2, 0.25) is 0 Å². The van der Waals surface area contributed by atoms with E-state index in [0.29, 0.717) is 17.2 Å². The lowest BCUT2D eigenvalue weighted by Crippen LogP contribution is -2.40. The van der Waals surface area contributed by atoms with E-state index in [1.807, 2.05) is 0 Å². The summed E-state index contributed by atoms with van der Waals surface area (Å²) in [6, 6.07) is 0. The molecule has 1 heterocycles. The topological polar surface area (TPSA) is 67.2 Å². The average molecular weight is 157 g/mol. The van der Waals surface area contributed by atoms with E-state index in [1.165, 1.54) is 6.20 Å². The first-order valence-electron chi connectivity index (χ1n) is 2.73. The third-order valence-electron chi connectivity index (χ3n) is 1.05. The number of amides is 1. The molecule has 0 aliphatic carbocycles. The van der Waals surface area contributed by atoms with Crippen molar-refractivity contribution >= 4 is 23.1 Å². The van der Waals surface area contributed by atoms with Gasteiger partial charge in [0.1, 0.15) is 5.70 Å². The molecule has 0 radical (unpaired) electrons. The molecule has 0 aromatic carbocycles. The summed E-state index contributed by atoms with van der Waals surface area (Å²) in [6.07, 6.45) is 1.51. The Morgan fingerprint density at radius 1 is 1.80 bits per heavy atom. The maximum absolute atomic E-state index is 10.5. The number of hydrogen-bond acceptors (Lipinski definition) is 3. The highest BCUT2D eigenvalue weighted by molar-refractivity contribution is 7.80. The minimum Gasteiger partial charge on any atom is -0.383 e. The van der Waals surface area contributed by atoms with Crippen molar-refractivity contribution in [3.8, 4) is 0 Å². The van der Waals surface area contributed by atoms with Crippen LogP contribution in [0, 0.1) is 0 Å². The molecule has 0 saturated heterocycles. The van der Waals surface area contributed by atoms with Crippen LogP contribution in [0.15, 0.2) is 11.9 Å². The van der Waals surface area contributed by atoms with Crippen molar-refractivity contribution in [1.82, 2.24) is 10.6 Å². The lowest BCUT2D eigenvalue weighted by molar-refractivity contribution is -0.114. The molecular formula is C5H7N3OS. The van der Waals surface area contributed by atoms with Gasteiger partial charge in [0, 0.05) is 6.20 Å². The first-order chi connectivity index (χ1) is 4.70. The van der Waals surface area contributed by atoms with Crippen molar-refractivity contribution in [2.45, 2.75) is 0 Å². The molecule has 5 heteroatoms. The van der Waals surface area contributed by atoms with Crippen LogP contribution in [0.2, 0.25) is 0 Å². The SMILES string of the molecule is NC(=O)C1=CNCC(=S)N1. The maximum atomic E-state index is 10.5. The zero-order chi connectivity index (χ0) is 7.56. The van der Waals surface area contributed by atoms with Gasteiger partial charge in [-0.3, -0.25) is 4.79 Å². The standard InChI is InChI=1S/C5H7N3OS/c6-5(9)3-1-7-2-4(10)8-3/h1,7H,2H2,(H2,6,9)(H,8,10). The second-order valence-electron chi connectivity index (χ2n) is 1.85. The molecular weight excluding hydrogens is 150 g/mol. The second kappa shape index (κ2) is 2.66. The minimum absolute atomic E-state index is 0.316. The Morgan fingerprint density at radius 3 is 2.90 bits per heavy atom. The Morgan fingerprint density at radius 2 is 2.50 bits per heavy atom. The van der Waals surface area contributed by atoms with Gasteiger partial charge < -0.3 is 16.4 Å². The van der Waals surface area contributed by atoms with Crippen LogP contribution in [-0.4, -0.2) is 17.4 Å². The predicted octanol–water partition coefficient (Wildman–Crippen LogP) is -1.17. The Hall–Kier alpha value is -1.10. The second-order valence-corrected chi connectivity index (χ2v) is 2.34. The molecule has 0 atom stereocenters. The lowest BCUT2D eigenvalue weighted by Gasteiger charge is -2.14. The van der Waals surface area contributed by atoms with Gasteiger partial charge in [0.25, 0.3) is 5.91 Å². The molecule has 0 bridgehead atoms. The first-order valence-corrected chi connectivity index (χ1v) is 3.14. The van der Waals surface area contributed by atoms with Gasteiger partial charge in [-0.25, -0.2) is 0 Å². The number of nitrogens with two attached hydrogens (primary N) is 1. The van der Waals surface area contributed by atoms with Crippen molar-refractivity contribution in [3.05, 3.63) is 11.9 Å². The molecule has 0 saturated carbocycles. The van der Waals surface area contributed by atoms with Gasteiger partial charge >= 0.3 is 0 Å². The van der Waals surface area contributed by atoms with Gasteiger partial charge in [-0.15, -0.1) is 0 Å². The van der Waals surface area contributed by atoms with E-state index in [-0.39, 0.29) is 0 Å². The number of carbonyl (C=O) groups excluding carboxylic acids is 1. The summed E-state index contributed by atoms with van der Waals surface area (Å²) in [5.74, 6) is -0.505. The smallest absolute Gasteiger partial charge is 0.266 e. The van der Waals surface area contributed by atoms with Crippen LogP contribution in [0.4, 0.5) is 0 Å². The Balaban J connectivity index is 2.69. The monoisotopic (exact) mass is 157 g/mol. The van der Waals surface area contributed by atoms with Crippen LogP contribution >= 0.6 is 12.2 Å². The Labute approximate surface area is 63.5 Å². The molecule has 4 N–H and O–H groups in total. The normalized spacial score (nSPS) is 16.8. The first kappa shape index (κ1) is 7.01. The van der Waals surface area contributed by atoms with Crippen molar-refractivity contribution in [2.75, 3.05) is 6.54 Å². The number of carbonyl (C=O) groups is 1. The fraction of sp³-hybridized carbons (Fsp3) is 0.200. The molecule has 1 aliphatic heterocycles. The van der Waals surface area contributed by atoms with E-state index in [2.05, 4.69) is 10.6 Å². The van der Waals surface area contributed by atoms with Crippen LogP contribution in [0.1, 0.15) is 0 Å². The molecule has 4 nitrogen and oxygen atoms in total. The molecule has 1 rings (SSSR count). The van der Waals surface area contributed by atoms with Gasteiger partial charge in [0.15, 0.2) is 0 Å². The van der Waals surface area contributed by atoms with Gasteiger partial charge in [-0.05, 0) is 0 Å². The Kier molecular flexibility index (Phi) is 1.86. The maximum Gasteiger partial charge on any atom is 0.266 e. The number of rotatable bonds is 1. The van der Waals surface area contributed by atoms with Crippen molar-refractivity contribution < 1.29 is 4.79 Å². The summed E-state index contributed by atoms with van der Waals surface area (Å²) < 4.78 is 0. The number of hydrogen-bond donors (Lipinski definition) is 3. The number of nitrogens with one attached hydrogen (secondary N) is 2. The van der Waals surface area contributed by atoms with Crippen LogP contribution in [0.25, 0.3) is 0 Å². The van der Waals surface area contributed by atoms with E-state index in [1.54, 1.807) is 0 Å². The van der Waals surface area contributed by atoms with Crippen molar-refractivity contribution in [2.24, 2.45) is 5.73 Å². The third kappa shape index (κ3) is 1.44. The number of primary amides is 1. The average Bonchev–Trinajstić information content (AvgIpc) is 1.88. The van der Waals surface area contributed by atoms with Gasteiger partial charge in [0.05, 0.1) is 11.5 Å². The van der Waals surface area contributed by atoms with Gasteiger partial charge in [-0.1, -0.05) is 12.2 Å². The number of thiocarbonyl (C=S) groups is 1. The molecule has 0 unspecified atom stereocenters. The van der Waals surface area contributed by atoms with Crippen molar-refractivity contribution in [3.63, 3.8) is 0 Å². The highest BCUT2D eigenvalue weighted by Gasteiger charge is 2.09. The van der Waals surface area contributed by atoms with E-state index < -0.39 is 5.91 Å². The fourth-order valence-corrected chi connectivity index (χ4v) is 0.802. The van der Waals surface area contributed by atoms with Crippen LogP contribution < -0.4 is 16.4 Å². The molecule has 1 aliphatic rings. The molecule has 10 heavy (non-hydrogen) atoms. The summed E-state index contributed by atoms with van der Waals surface area (Å²) in [4.78, 5) is 11.1. The summed E-state index contributed by atoms with van der Waals surface area (Å²) >= 11 is 4.78. The van der Waals surface area contributed by atoms with Crippen LogP contribution in [-0.2, 0) is 4.79 Å². The molecule has 0 spiro atoms. The summed E-state index contributed by atoms with van der Waals surface area (Å²) in [6.45, 7) is 0.562. The molecule has 54 valence electrons. The quantitative estimate of drug-likeness (QED) is 0.420. The van der Waals surface area contributed by atoms with E-state index >= 15 is 0 Å². The van der Waals surface area contributed by atoms with Crippen LogP contribution in [0.5, 0.6) is 0 Å². The minimum atomic E-state index is -0.505. The molecule has 0 aromatic heterocycles. The van der Waals surface area contributed by atoms with E-state index in [0.717, 1.165) is 0 Å². The zero-order valence-electron chi connectivity index (χ0n) is 5.18. The molecule has 0 fully saturated rings. The fourth-order valence-electron chi connectivity index (χ4n) is 0.609. The van der Waals surface area contributed by atoms with E-state index in [4.69, 9.17) is 18.0 Å².